The molecule has 0 radical (unpaired) electrons. The zero-order chi connectivity index (χ0) is 13.9. The van der Waals surface area contributed by atoms with Crippen molar-refractivity contribution in [1.29, 1.82) is 0 Å². The predicted molar refractivity (Wildman–Crippen MR) is 79.6 cm³/mol. The molecular weight excluding hydrogens is 292 g/mol. The molecular formula is C14H21BrN2O. The van der Waals surface area contributed by atoms with Gasteiger partial charge in [0.15, 0.2) is 0 Å². The van der Waals surface area contributed by atoms with Crippen LogP contribution in [0.25, 0.3) is 0 Å². The summed E-state index contributed by atoms with van der Waals surface area (Å²) >= 11 is 3.51. The highest BCUT2D eigenvalue weighted by Gasteiger charge is 2.20. The normalized spacial score (nSPS) is 12.6. The van der Waals surface area contributed by atoms with Gasteiger partial charge in [0.1, 0.15) is 0 Å². The van der Waals surface area contributed by atoms with Crippen molar-refractivity contribution < 1.29 is 4.79 Å². The standard InChI is InChI=1S/C14H21BrN2O/c1-8(2)12(7-16)14(18)17-11-5-9(3)13(15)10(4)6-11/h5-6,8,12H,7,16H2,1-4H3,(H,17,18). The molecule has 1 amide bonds. The second kappa shape index (κ2) is 6.34. The Morgan fingerprint density at radius 3 is 2.22 bits per heavy atom. The van der Waals surface area contributed by atoms with Crippen molar-refractivity contribution in [2.75, 3.05) is 11.9 Å². The third-order valence-corrected chi connectivity index (χ3v) is 4.35. The molecule has 0 heterocycles. The molecule has 100 valence electrons. The molecule has 1 rings (SSSR count). The molecule has 3 nitrogen and oxygen atoms in total. The van der Waals surface area contributed by atoms with Gasteiger partial charge in [-0.3, -0.25) is 4.79 Å². The fourth-order valence-corrected chi connectivity index (χ4v) is 2.16. The predicted octanol–water partition coefficient (Wildman–Crippen LogP) is 3.24. The van der Waals surface area contributed by atoms with Crippen LogP contribution in [0, 0.1) is 25.7 Å². The molecule has 1 aromatic carbocycles. The van der Waals surface area contributed by atoms with Gasteiger partial charge in [-0.1, -0.05) is 29.8 Å². The van der Waals surface area contributed by atoms with Gasteiger partial charge >= 0.3 is 0 Å². The highest BCUT2D eigenvalue weighted by molar-refractivity contribution is 9.10. The molecule has 1 atom stereocenters. The van der Waals surface area contributed by atoms with E-state index in [2.05, 4.69) is 21.2 Å². The minimum atomic E-state index is -0.144. The molecule has 0 aliphatic carbocycles. The average Bonchev–Trinajstić information content (AvgIpc) is 2.26. The first-order chi connectivity index (χ1) is 8.36. The molecule has 1 unspecified atom stereocenters. The molecule has 1 aromatic rings. The number of hydrogen-bond acceptors (Lipinski definition) is 2. The summed E-state index contributed by atoms with van der Waals surface area (Å²) < 4.78 is 1.08. The van der Waals surface area contributed by atoms with Crippen molar-refractivity contribution >= 4 is 27.5 Å². The van der Waals surface area contributed by atoms with Crippen molar-refractivity contribution in [3.05, 3.63) is 27.7 Å². The third kappa shape index (κ3) is 3.56. The lowest BCUT2D eigenvalue weighted by Gasteiger charge is -2.19. The Morgan fingerprint density at radius 2 is 1.83 bits per heavy atom. The van der Waals surface area contributed by atoms with Crippen LogP contribution in [-0.4, -0.2) is 12.5 Å². The Labute approximate surface area is 117 Å². The van der Waals surface area contributed by atoms with Gasteiger partial charge in [-0.25, -0.2) is 0 Å². The van der Waals surface area contributed by atoms with Crippen LogP contribution in [0.4, 0.5) is 5.69 Å². The van der Waals surface area contributed by atoms with E-state index in [9.17, 15) is 4.79 Å². The van der Waals surface area contributed by atoms with Gasteiger partial charge in [0.2, 0.25) is 5.91 Å². The fourth-order valence-electron chi connectivity index (χ4n) is 1.93. The smallest absolute Gasteiger partial charge is 0.229 e. The van der Waals surface area contributed by atoms with Gasteiger partial charge in [0, 0.05) is 16.7 Å². The molecule has 0 spiro atoms. The van der Waals surface area contributed by atoms with Crippen molar-refractivity contribution in [3.8, 4) is 0 Å². The van der Waals surface area contributed by atoms with Gasteiger partial charge in [-0.15, -0.1) is 0 Å². The summed E-state index contributed by atoms with van der Waals surface area (Å²) in [5.41, 5.74) is 8.70. The molecule has 0 saturated heterocycles. The van der Waals surface area contributed by atoms with E-state index in [0.29, 0.717) is 6.54 Å². The number of amides is 1. The maximum absolute atomic E-state index is 12.1. The summed E-state index contributed by atoms with van der Waals surface area (Å²) in [6.45, 7) is 8.41. The monoisotopic (exact) mass is 312 g/mol. The van der Waals surface area contributed by atoms with Gasteiger partial charge in [0.25, 0.3) is 0 Å². The highest BCUT2D eigenvalue weighted by Crippen LogP contribution is 2.25. The van der Waals surface area contributed by atoms with Crippen molar-refractivity contribution in [1.82, 2.24) is 0 Å². The number of carbonyl (C=O) groups is 1. The first kappa shape index (κ1) is 15.2. The number of aryl methyl sites for hydroxylation is 2. The van der Waals surface area contributed by atoms with E-state index >= 15 is 0 Å². The quantitative estimate of drug-likeness (QED) is 0.896. The maximum Gasteiger partial charge on any atom is 0.229 e. The van der Waals surface area contributed by atoms with Crippen LogP contribution < -0.4 is 11.1 Å². The fraction of sp³-hybridized carbons (Fsp3) is 0.500. The van der Waals surface area contributed by atoms with Crippen molar-refractivity contribution in [3.63, 3.8) is 0 Å². The number of halogens is 1. The van der Waals surface area contributed by atoms with Gasteiger partial charge in [-0.05, 0) is 43.0 Å². The maximum atomic E-state index is 12.1. The molecule has 0 aliphatic heterocycles. The van der Waals surface area contributed by atoms with E-state index in [1.54, 1.807) is 0 Å². The molecule has 0 saturated carbocycles. The second-order valence-corrected chi connectivity index (χ2v) is 5.79. The Hall–Kier alpha value is -0.870. The number of benzene rings is 1. The summed E-state index contributed by atoms with van der Waals surface area (Å²) in [7, 11) is 0. The van der Waals surface area contributed by atoms with Crippen LogP contribution in [0.5, 0.6) is 0 Å². The van der Waals surface area contributed by atoms with Crippen LogP contribution in [0.2, 0.25) is 0 Å². The third-order valence-electron chi connectivity index (χ3n) is 3.10. The Balaban J connectivity index is 2.88. The molecule has 0 bridgehead atoms. The van der Waals surface area contributed by atoms with E-state index in [1.165, 1.54) is 0 Å². The molecule has 0 aliphatic rings. The lowest BCUT2D eigenvalue weighted by Crippen LogP contribution is -2.33. The van der Waals surface area contributed by atoms with E-state index in [-0.39, 0.29) is 17.7 Å². The summed E-state index contributed by atoms with van der Waals surface area (Å²) in [6.07, 6.45) is 0. The minimum Gasteiger partial charge on any atom is -0.330 e. The summed E-state index contributed by atoms with van der Waals surface area (Å²) in [5, 5.41) is 2.94. The van der Waals surface area contributed by atoms with Crippen LogP contribution in [0.3, 0.4) is 0 Å². The van der Waals surface area contributed by atoms with Crippen molar-refractivity contribution in [2.24, 2.45) is 17.6 Å². The summed E-state index contributed by atoms with van der Waals surface area (Å²) in [6, 6.07) is 3.92. The Bertz CT molecular complexity index is 420. The topological polar surface area (TPSA) is 55.1 Å². The Morgan fingerprint density at radius 1 is 1.33 bits per heavy atom. The van der Waals surface area contributed by atoms with E-state index in [0.717, 1.165) is 21.3 Å². The molecule has 0 fully saturated rings. The van der Waals surface area contributed by atoms with Crippen molar-refractivity contribution in [2.45, 2.75) is 27.7 Å². The summed E-state index contributed by atoms with van der Waals surface area (Å²) in [5.74, 6) is 0.0931. The summed E-state index contributed by atoms with van der Waals surface area (Å²) in [4.78, 5) is 12.1. The van der Waals surface area contributed by atoms with Crippen LogP contribution in [0.15, 0.2) is 16.6 Å². The van der Waals surface area contributed by atoms with E-state index in [4.69, 9.17) is 5.73 Å². The first-order valence-electron chi connectivity index (χ1n) is 6.14. The molecule has 4 heteroatoms. The van der Waals surface area contributed by atoms with Crippen LogP contribution >= 0.6 is 15.9 Å². The van der Waals surface area contributed by atoms with Gasteiger partial charge in [0.05, 0.1) is 5.92 Å². The zero-order valence-corrected chi connectivity index (χ0v) is 13.0. The molecule has 3 N–H and O–H groups in total. The van der Waals surface area contributed by atoms with Crippen LogP contribution in [-0.2, 0) is 4.79 Å². The molecule has 0 aromatic heterocycles. The molecule has 18 heavy (non-hydrogen) atoms. The largest absolute Gasteiger partial charge is 0.330 e. The number of nitrogens with two attached hydrogens (primary N) is 1. The lowest BCUT2D eigenvalue weighted by molar-refractivity contribution is -0.120. The number of carbonyl (C=O) groups excluding carboxylic acids is 1. The Kier molecular flexibility index (Phi) is 5.35. The second-order valence-electron chi connectivity index (χ2n) is 5.00. The average molecular weight is 313 g/mol. The highest BCUT2D eigenvalue weighted by atomic mass is 79.9. The van der Waals surface area contributed by atoms with E-state index < -0.39 is 0 Å². The number of anilines is 1. The van der Waals surface area contributed by atoms with E-state index in [1.807, 2.05) is 39.8 Å². The zero-order valence-electron chi connectivity index (χ0n) is 11.4. The van der Waals surface area contributed by atoms with Crippen LogP contribution in [0.1, 0.15) is 25.0 Å². The first-order valence-corrected chi connectivity index (χ1v) is 6.93. The minimum absolute atomic E-state index is 0.00591. The number of nitrogens with one attached hydrogen (secondary N) is 1. The number of hydrogen-bond donors (Lipinski definition) is 2. The van der Waals surface area contributed by atoms with Gasteiger partial charge < -0.3 is 11.1 Å². The number of rotatable bonds is 4. The SMILES string of the molecule is Cc1cc(NC(=O)C(CN)C(C)C)cc(C)c1Br. The lowest BCUT2D eigenvalue weighted by atomic mass is 9.95. The van der Waals surface area contributed by atoms with Gasteiger partial charge in [-0.2, -0.15) is 0 Å².